The fraction of sp³-hybridized carbons (Fsp3) is 1.00. The van der Waals surface area contributed by atoms with Crippen molar-refractivity contribution < 1.29 is 18.3 Å². The van der Waals surface area contributed by atoms with E-state index in [-0.39, 0.29) is 24.7 Å². The van der Waals surface area contributed by atoms with E-state index in [1.165, 1.54) is 0 Å². The van der Waals surface area contributed by atoms with Crippen molar-refractivity contribution in [1.29, 1.82) is 0 Å². The summed E-state index contributed by atoms with van der Waals surface area (Å²) in [6, 6.07) is 0. The molecule has 0 aliphatic rings. The molecule has 0 unspecified atom stereocenters. The van der Waals surface area contributed by atoms with Gasteiger partial charge in [0, 0.05) is 0 Å². The highest BCUT2D eigenvalue weighted by Crippen LogP contribution is 2.39. The number of halogens is 3. The Balaban J connectivity index is 4.67. The summed E-state index contributed by atoms with van der Waals surface area (Å²) in [7, 11) is 0. The molecule has 0 atom stereocenters. The van der Waals surface area contributed by atoms with Gasteiger partial charge in [-0.1, -0.05) is 27.7 Å². The molecule has 0 saturated heterocycles. The normalized spacial score (nSPS) is 14.1. The lowest BCUT2D eigenvalue weighted by atomic mass is 9.84. The van der Waals surface area contributed by atoms with Crippen LogP contribution in [0.4, 0.5) is 13.2 Å². The van der Waals surface area contributed by atoms with Gasteiger partial charge in [0.2, 0.25) is 0 Å². The summed E-state index contributed by atoms with van der Waals surface area (Å²) in [5.41, 5.74) is -2.52. The Labute approximate surface area is 83.3 Å². The molecule has 0 rings (SSSR count). The van der Waals surface area contributed by atoms with Crippen LogP contribution in [0.1, 0.15) is 40.5 Å². The third-order valence-corrected chi connectivity index (χ3v) is 2.02. The first-order chi connectivity index (χ1) is 6.08. The quantitative estimate of drug-likeness (QED) is 0.757. The Hall–Kier alpha value is -0.250. The van der Waals surface area contributed by atoms with E-state index >= 15 is 0 Å². The maximum absolute atomic E-state index is 12.6. The molecule has 0 aliphatic heterocycles. The van der Waals surface area contributed by atoms with E-state index in [4.69, 9.17) is 0 Å². The molecule has 1 N–H and O–H groups in total. The summed E-state index contributed by atoms with van der Waals surface area (Å²) < 4.78 is 37.7. The molecule has 1 nitrogen and oxygen atoms in total. The minimum Gasteiger partial charge on any atom is -0.380 e. The van der Waals surface area contributed by atoms with Gasteiger partial charge in [0.25, 0.3) is 0 Å². The highest BCUT2D eigenvalue weighted by atomic mass is 19.4. The summed E-state index contributed by atoms with van der Waals surface area (Å²) >= 11 is 0. The standard InChI is InChI=1S/C10H19F3O/c1-7(2)5-9(14,6-8(3)4)10(11,12)13/h7-8,14H,5-6H2,1-4H3. The monoisotopic (exact) mass is 212 g/mol. The topological polar surface area (TPSA) is 20.2 Å². The molecule has 0 aromatic heterocycles. The average Bonchev–Trinajstić information content (AvgIpc) is 1.78. The summed E-state index contributed by atoms with van der Waals surface area (Å²) in [4.78, 5) is 0. The lowest BCUT2D eigenvalue weighted by Crippen LogP contribution is -2.47. The number of hydrogen-bond acceptors (Lipinski definition) is 1. The van der Waals surface area contributed by atoms with E-state index in [1.807, 2.05) is 0 Å². The maximum atomic E-state index is 12.6. The predicted molar refractivity (Wildman–Crippen MR) is 49.9 cm³/mol. The van der Waals surface area contributed by atoms with Crippen LogP contribution in [0.2, 0.25) is 0 Å². The first-order valence-corrected chi connectivity index (χ1v) is 4.87. The maximum Gasteiger partial charge on any atom is 0.417 e. The van der Waals surface area contributed by atoms with E-state index in [1.54, 1.807) is 27.7 Å². The van der Waals surface area contributed by atoms with Crippen molar-refractivity contribution in [1.82, 2.24) is 0 Å². The summed E-state index contributed by atoms with van der Waals surface area (Å²) in [6.07, 6.45) is -4.98. The van der Waals surface area contributed by atoms with E-state index < -0.39 is 11.8 Å². The highest BCUT2D eigenvalue weighted by Gasteiger charge is 2.53. The van der Waals surface area contributed by atoms with Crippen LogP contribution < -0.4 is 0 Å². The van der Waals surface area contributed by atoms with E-state index in [2.05, 4.69) is 0 Å². The van der Waals surface area contributed by atoms with Gasteiger partial charge >= 0.3 is 6.18 Å². The third-order valence-electron chi connectivity index (χ3n) is 2.02. The fourth-order valence-electron chi connectivity index (χ4n) is 1.67. The smallest absolute Gasteiger partial charge is 0.380 e. The Morgan fingerprint density at radius 3 is 1.36 bits per heavy atom. The Morgan fingerprint density at radius 2 is 1.21 bits per heavy atom. The molecule has 0 radical (unpaired) electrons. The van der Waals surface area contributed by atoms with Crippen molar-refractivity contribution in [2.24, 2.45) is 11.8 Å². The van der Waals surface area contributed by atoms with Gasteiger partial charge in [-0.25, -0.2) is 0 Å². The van der Waals surface area contributed by atoms with Crippen molar-refractivity contribution >= 4 is 0 Å². The molecule has 0 heterocycles. The molecule has 0 bridgehead atoms. The zero-order valence-corrected chi connectivity index (χ0v) is 9.15. The van der Waals surface area contributed by atoms with Gasteiger partial charge in [-0.2, -0.15) is 13.2 Å². The lowest BCUT2D eigenvalue weighted by Gasteiger charge is -2.33. The van der Waals surface area contributed by atoms with Gasteiger partial charge < -0.3 is 5.11 Å². The van der Waals surface area contributed by atoms with Gasteiger partial charge in [-0.15, -0.1) is 0 Å². The minimum atomic E-state index is -4.53. The first-order valence-electron chi connectivity index (χ1n) is 4.87. The van der Waals surface area contributed by atoms with Gasteiger partial charge in [-0.3, -0.25) is 0 Å². The number of hydrogen-bond donors (Lipinski definition) is 1. The second-order valence-corrected chi connectivity index (χ2v) is 4.73. The molecule has 0 spiro atoms. The zero-order chi connectivity index (χ0) is 11.6. The second kappa shape index (κ2) is 4.51. The molecule has 0 saturated carbocycles. The van der Waals surface area contributed by atoms with E-state index in [0.29, 0.717) is 0 Å². The first kappa shape index (κ1) is 13.8. The van der Waals surface area contributed by atoms with Crippen molar-refractivity contribution in [3.05, 3.63) is 0 Å². The second-order valence-electron chi connectivity index (χ2n) is 4.73. The largest absolute Gasteiger partial charge is 0.417 e. The number of rotatable bonds is 4. The Bertz CT molecular complexity index is 163. The number of alkyl halides is 3. The number of aliphatic hydroxyl groups is 1. The molecule has 14 heavy (non-hydrogen) atoms. The predicted octanol–water partition coefficient (Wildman–Crippen LogP) is 3.37. The van der Waals surface area contributed by atoms with Crippen LogP contribution >= 0.6 is 0 Å². The molecular formula is C10H19F3O. The van der Waals surface area contributed by atoms with Crippen LogP contribution in [0, 0.1) is 11.8 Å². The average molecular weight is 212 g/mol. The van der Waals surface area contributed by atoms with Crippen LogP contribution in [-0.4, -0.2) is 16.9 Å². The van der Waals surface area contributed by atoms with Gasteiger partial charge in [0.15, 0.2) is 5.60 Å². The van der Waals surface area contributed by atoms with Crippen LogP contribution in [0.5, 0.6) is 0 Å². The van der Waals surface area contributed by atoms with Gasteiger partial charge in [-0.05, 0) is 24.7 Å². The lowest BCUT2D eigenvalue weighted by molar-refractivity contribution is -0.270. The Kier molecular flexibility index (Phi) is 4.43. The van der Waals surface area contributed by atoms with Crippen molar-refractivity contribution in [2.45, 2.75) is 52.3 Å². The van der Waals surface area contributed by atoms with Gasteiger partial charge in [0.05, 0.1) is 0 Å². The SMILES string of the molecule is CC(C)CC(O)(CC(C)C)C(F)(F)F. The van der Waals surface area contributed by atoms with Gasteiger partial charge in [0.1, 0.15) is 0 Å². The fourth-order valence-corrected chi connectivity index (χ4v) is 1.67. The molecule has 0 aromatic carbocycles. The molecule has 0 fully saturated rings. The molecular weight excluding hydrogens is 193 g/mol. The Morgan fingerprint density at radius 1 is 0.929 bits per heavy atom. The van der Waals surface area contributed by atoms with Crippen LogP contribution in [0.3, 0.4) is 0 Å². The summed E-state index contributed by atoms with van der Waals surface area (Å²) in [5, 5.41) is 9.56. The summed E-state index contributed by atoms with van der Waals surface area (Å²) in [6.45, 7) is 6.71. The molecule has 4 heteroatoms. The van der Waals surface area contributed by atoms with Crippen LogP contribution in [0.15, 0.2) is 0 Å². The van der Waals surface area contributed by atoms with Crippen molar-refractivity contribution in [3.63, 3.8) is 0 Å². The van der Waals surface area contributed by atoms with E-state index in [9.17, 15) is 18.3 Å². The molecule has 0 aliphatic carbocycles. The summed E-state index contributed by atoms with van der Waals surface area (Å²) in [5.74, 6) is -0.333. The highest BCUT2D eigenvalue weighted by molar-refractivity contribution is 4.88. The van der Waals surface area contributed by atoms with Crippen molar-refractivity contribution in [3.8, 4) is 0 Å². The molecule has 0 amide bonds. The third kappa shape index (κ3) is 3.86. The molecule has 86 valence electrons. The van der Waals surface area contributed by atoms with Crippen LogP contribution in [-0.2, 0) is 0 Å². The van der Waals surface area contributed by atoms with Crippen molar-refractivity contribution in [2.75, 3.05) is 0 Å². The minimum absolute atomic E-state index is 0.166. The molecule has 0 aromatic rings. The van der Waals surface area contributed by atoms with E-state index in [0.717, 1.165) is 0 Å². The zero-order valence-electron chi connectivity index (χ0n) is 9.15. The van der Waals surface area contributed by atoms with Crippen LogP contribution in [0.25, 0.3) is 0 Å².